The van der Waals surface area contributed by atoms with Crippen molar-refractivity contribution in [1.82, 2.24) is 0 Å². The Kier molecular flexibility index (Phi) is 12.6. The van der Waals surface area contributed by atoms with Crippen LogP contribution in [0.5, 0.6) is 0 Å². The first-order chi connectivity index (χ1) is 11.1. The third-order valence-electron chi connectivity index (χ3n) is 3.40. The molecule has 0 unspecified atom stereocenters. The van der Waals surface area contributed by atoms with Gasteiger partial charge in [0.15, 0.2) is 5.78 Å². The van der Waals surface area contributed by atoms with Crippen molar-refractivity contribution in [3.05, 3.63) is 0 Å². The summed E-state index contributed by atoms with van der Waals surface area (Å²) in [5.41, 5.74) is 0.0322. The fraction of sp³-hybridized carbons (Fsp3) is 0.947. The average molecular weight is 347 g/mol. The number of hydrogen-bond acceptors (Lipinski definition) is 5. The van der Waals surface area contributed by atoms with E-state index < -0.39 is 0 Å². The number of carbonyl (C=O) groups is 1. The fourth-order valence-corrected chi connectivity index (χ4v) is 1.75. The Morgan fingerprint density at radius 3 is 1.50 bits per heavy atom. The largest absolute Gasteiger partial charge is 0.379 e. The zero-order valence-corrected chi connectivity index (χ0v) is 16.6. The highest BCUT2D eigenvalue weighted by Gasteiger charge is 2.20. The van der Waals surface area contributed by atoms with E-state index in [4.69, 9.17) is 18.9 Å². The molecule has 0 heterocycles. The van der Waals surface area contributed by atoms with E-state index in [1.165, 1.54) is 6.42 Å². The molecule has 0 radical (unpaired) electrons. The van der Waals surface area contributed by atoms with Gasteiger partial charge in [0.05, 0.1) is 39.6 Å². The van der Waals surface area contributed by atoms with Crippen molar-refractivity contribution >= 4 is 5.78 Å². The number of ketones is 1. The SMILES string of the molecule is CC(C)(C)CCCOCCOCCOCCOCC(=O)C(C)(C)C. The van der Waals surface area contributed by atoms with Crippen LogP contribution < -0.4 is 0 Å². The van der Waals surface area contributed by atoms with Gasteiger partial charge in [-0.25, -0.2) is 0 Å². The van der Waals surface area contributed by atoms with Crippen molar-refractivity contribution in [3.8, 4) is 0 Å². The molecule has 0 aromatic heterocycles. The smallest absolute Gasteiger partial charge is 0.163 e. The Morgan fingerprint density at radius 1 is 0.667 bits per heavy atom. The third kappa shape index (κ3) is 16.4. The molecule has 5 heteroatoms. The van der Waals surface area contributed by atoms with Crippen LogP contribution in [0, 0.1) is 10.8 Å². The van der Waals surface area contributed by atoms with Gasteiger partial charge in [-0.15, -0.1) is 0 Å². The standard InChI is InChI=1S/C19H38O5/c1-18(2,3)8-7-9-21-10-11-22-12-13-23-14-15-24-16-17(20)19(4,5)6/h7-16H2,1-6H3. The van der Waals surface area contributed by atoms with E-state index in [0.717, 1.165) is 13.0 Å². The molecule has 5 nitrogen and oxygen atoms in total. The Morgan fingerprint density at radius 2 is 1.08 bits per heavy atom. The minimum Gasteiger partial charge on any atom is -0.379 e. The Hall–Kier alpha value is -0.490. The van der Waals surface area contributed by atoms with Crippen LogP contribution in [0.1, 0.15) is 54.4 Å². The van der Waals surface area contributed by atoms with Crippen LogP contribution in [-0.2, 0) is 23.7 Å². The summed E-state index contributed by atoms with van der Waals surface area (Å²) in [6, 6.07) is 0. The van der Waals surface area contributed by atoms with Crippen molar-refractivity contribution in [1.29, 1.82) is 0 Å². The van der Waals surface area contributed by atoms with Gasteiger partial charge in [-0.1, -0.05) is 41.5 Å². The van der Waals surface area contributed by atoms with E-state index in [0.29, 0.717) is 45.1 Å². The summed E-state index contributed by atoms with van der Waals surface area (Å²) in [6.07, 6.45) is 2.26. The number of Topliss-reactive ketones (excluding diaryl/α,β-unsaturated/α-hetero) is 1. The van der Waals surface area contributed by atoms with Gasteiger partial charge >= 0.3 is 0 Å². The van der Waals surface area contributed by atoms with E-state index in [1.807, 2.05) is 20.8 Å². The monoisotopic (exact) mass is 346 g/mol. The molecule has 0 spiro atoms. The fourth-order valence-electron chi connectivity index (χ4n) is 1.75. The van der Waals surface area contributed by atoms with Gasteiger partial charge in [-0.05, 0) is 18.3 Å². The lowest BCUT2D eigenvalue weighted by molar-refractivity contribution is -0.131. The highest BCUT2D eigenvalue weighted by molar-refractivity contribution is 5.84. The summed E-state index contributed by atoms with van der Waals surface area (Å²) in [6.45, 7) is 16.5. The quantitative estimate of drug-likeness (QED) is 0.451. The second-order valence-corrected chi connectivity index (χ2v) is 8.23. The zero-order chi connectivity index (χ0) is 18.5. The maximum atomic E-state index is 11.6. The van der Waals surface area contributed by atoms with E-state index in [-0.39, 0.29) is 17.8 Å². The topological polar surface area (TPSA) is 54.0 Å². The van der Waals surface area contributed by atoms with E-state index in [9.17, 15) is 4.79 Å². The first-order valence-electron chi connectivity index (χ1n) is 8.97. The second-order valence-electron chi connectivity index (χ2n) is 8.23. The van der Waals surface area contributed by atoms with E-state index in [2.05, 4.69) is 20.8 Å². The molecule has 0 aromatic carbocycles. The Bertz CT molecular complexity index is 315. The van der Waals surface area contributed by atoms with Crippen LogP contribution in [-0.4, -0.2) is 58.6 Å². The van der Waals surface area contributed by atoms with Crippen LogP contribution in [0.3, 0.4) is 0 Å². The van der Waals surface area contributed by atoms with Crippen LogP contribution >= 0.6 is 0 Å². The first kappa shape index (κ1) is 23.5. The molecule has 0 aliphatic rings. The summed E-state index contributed by atoms with van der Waals surface area (Å²) >= 11 is 0. The zero-order valence-electron chi connectivity index (χ0n) is 16.6. The molecule has 0 bridgehead atoms. The van der Waals surface area contributed by atoms with Crippen LogP contribution in [0.4, 0.5) is 0 Å². The van der Waals surface area contributed by atoms with Crippen LogP contribution in [0.25, 0.3) is 0 Å². The number of rotatable bonds is 14. The predicted molar refractivity (Wildman–Crippen MR) is 96.4 cm³/mol. The van der Waals surface area contributed by atoms with E-state index in [1.54, 1.807) is 0 Å². The maximum Gasteiger partial charge on any atom is 0.163 e. The molecular formula is C19H38O5. The van der Waals surface area contributed by atoms with Gasteiger partial charge in [-0.3, -0.25) is 4.79 Å². The lowest BCUT2D eigenvalue weighted by atomic mass is 9.91. The summed E-state index contributed by atoms with van der Waals surface area (Å²) in [5.74, 6) is 0.105. The molecule has 0 amide bonds. The molecule has 0 saturated heterocycles. The highest BCUT2D eigenvalue weighted by atomic mass is 16.6. The molecule has 0 aromatic rings. The van der Waals surface area contributed by atoms with Gasteiger partial charge in [0.2, 0.25) is 0 Å². The van der Waals surface area contributed by atoms with E-state index >= 15 is 0 Å². The van der Waals surface area contributed by atoms with Gasteiger partial charge in [0.1, 0.15) is 6.61 Å². The van der Waals surface area contributed by atoms with Crippen molar-refractivity contribution in [2.45, 2.75) is 54.4 Å². The summed E-state index contributed by atoms with van der Waals surface area (Å²) in [4.78, 5) is 11.6. The number of hydrogen-bond donors (Lipinski definition) is 0. The first-order valence-corrected chi connectivity index (χ1v) is 8.97. The minimum atomic E-state index is -0.344. The van der Waals surface area contributed by atoms with Crippen molar-refractivity contribution in [2.75, 3.05) is 52.9 Å². The lowest BCUT2D eigenvalue weighted by Crippen LogP contribution is -2.25. The normalized spacial score (nSPS) is 12.6. The van der Waals surface area contributed by atoms with Crippen molar-refractivity contribution < 1.29 is 23.7 Å². The summed E-state index contributed by atoms with van der Waals surface area (Å²) < 4.78 is 21.6. The van der Waals surface area contributed by atoms with Gasteiger partial charge in [0.25, 0.3) is 0 Å². The molecule has 144 valence electrons. The third-order valence-corrected chi connectivity index (χ3v) is 3.40. The minimum absolute atomic E-state index is 0.105. The average Bonchev–Trinajstić information content (AvgIpc) is 2.45. The van der Waals surface area contributed by atoms with Gasteiger partial charge < -0.3 is 18.9 Å². The lowest BCUT2D eigenvalue weighted by Gasteiger charge is -2.17. The maximum absolute atomic E-state index is 11.6. The van der Waals surface area contributed by atoms with Gasteiger partial charge in [-0.2, -0.15) is 0 Å². The van der Waals surface area contributed by atoms with Gasteiger partial charge in [0, 0.05) is 12.0 Å². The van der Waals surface area contributed by atoms with Crippen LogP contribution in [0.15, 0.2) is 0 Å². The Balaban J connectivity index is 3.20. The molecule has 0 rings (SSSR count). The molecule has 0 aliphatic carbocycles. The molecular weight excluding hydrogens is 308 g/mol. The van der Waals surface area contributed by atoms with Crippen molar-refractivity contribution in [2.24, 2.45) is 10.8 Å². The second kappa shape index (κ2) is 12.8. The number of ether oxygens (including phenoxy) is 4. The van der Waals surface area contributed by atoms with Crippen LogP contribution in [0.2, 0.25) is 0 Å². The molecule has 0 saturated carbocycles. The van der Waals surface area contributed by atoms with Crippen molar-refractivity contribution in [3.63, 3.8) is 0 Å². The number of carbonyl (C=O) groups excluding carboxylic acids is 1. The molecule has 0 atom stereocenters. The molecule has 0 aliphatic heterocycles. The molecule has 24 heavy (non-hydrogen) atoms. The Labute approximate surface area is 148 Å². The summed E-state index contributed by atoms with van der Waals surface area (Å²) in [5, 5.41) is 0. The molecule has 0 N–H and O–H groups in total. The highest BCUT2D eigenvalue weighted by Crippen LogP contribution is 2.20. The molecule has 0 fully saturated rings. The summed E-state index contributed by atoms with van der Waals surface area (Å²) in [7, 11) is 0. The predicted octanol–water partition coefficient (Wildman–Crippen LogP) is 3.49.